The zero-order valence-electron chi connectivity index (χ0n) is 17.7. The Morgan fingerprint density at radius 3 is 2.22 bits per heavy atom. The molecule has 0 unspecified atom stereocenters. The lowest BCUT2D eigenvalue weighted by molar-refractivity contribution is -0.120. The van der Waals surface area contributed by atoms with Crippen LogP contribution in [0.5, 0.6) is 5.75 Å². The van der Waals surface area contributed by atoms with Crippen LogP contribution in [-0.2, 0) is 9.59 Å². The van der Waals surface area contributed by atoms with Crippen LogP contribution in [0.1, 0.15) is 16.7 Å². The van der Waals surface area contributed by atoms with Gasteiger partial charge in [0, 0.05) is 17.3 Å². The zero-order chi connectivity index (χ0) is 23.0. The number of rotatable bonds is 5. The lowest BCUT2D eigenvalue weighted by Gasteiger charge is -2.16. The maximum absolute atomic E-state index is 14.5. The second-order valence-corrected chi connectivity index (χ2v) is 7.49. The Morgan fingerprint density at radius 2 is 1.56 bits per heavy atom. The van der Waals surface area contributed by atoms with E-state index in [4.69, 9.17) is 4.74 Å². The van der Waals surface area contributed by atoms with E-state index in [1.54, 1.807) is 24.3 Å². The van der Waals surface area contributed by atoms with Gasteiger partial charge in [-0.05, 0) is 55.3 Å². The van der Waals surface area contributed by atoms with E-state index >= 15 is 0 Å². The summed E-state index contributed by atoms with van der Waals surface area (Å²) in [5, 5.41) is 3.05. The van der Waals surface area contributed by atoms with Crippen molar-refractivity contribution in [3.63, 3.8) is 0 Å². The zero-order valence-corrected chi connectivity index (χ0v) is 17.7. The number of carbonyl (C=O) groups is 2. The summed E-state index contributed by atoms with van der Waals surface area (Å²) in [6, 6.07) is 15.1. The number of aryl methyl sites for hydroxylation is 2. The van der Waals surface area contributed by atoms with Crippen molar-refractivity contribution in [3.05, 3.63) is 94.7 Å². The summed E-state index contributed by atoms with van der Waals surface area (Å²) < 4.78 is 33.4. The van der Waals surface area contributed by atoms with E-state index in [9.17, 15) is 18.4 Å². The van der Waals surface area contributed by atoms with Crippen LogP contribution in [0.25, 0.3) is 5.57 Å². The molecule has 1 aliphatic rings. The van der Waals surface area contributed by atoms with Gasteiger partial charge in [-0.1, -0.05) is 24.3 Å². The molecule has 0 saturated heterocycles. The van der Waals surface area contributed by atoms with Crippen LogP contribution < -0.4 is 15.0 Å². The highest BCUT2D eigenvalue weighted by Crippen LogP contribution is 2.38. The van der Waals surface area contributed by atoms with Crippen LogP contribution in [0, 0.1) is 25.5 Å². The number of carbonyl (C=O) groups excluding carboxylic acids is 2. The first-order valence-electron chi connectivity index (χ1n) is 9.87. The van der Waals surface area contributed by atoms with Gasteiger partial charge in [0.25, 0.3) is 11.8 Å². The fourth-order valence-electron chi connectivity index (χ4n) is 3.82. The quantitative estimate of drug-likeness (QED) is 0.575. The molecule has 32 heavy (non-hydrogen) atoms. The van der Waals surface area contributed by atoms with Gasteiger partial charge in [0.15, 0.2) is 0 Å². The molecule has 5 nitrogen and oxygen atoms in total. The molecule has 0 fully saturated rings. The number of nitrogens with one attached hydrogen (secondary N) is 1. The Kier molecular flexibility index (Phi) is 5.48. The van der Waals surface area contributed by atoms with Gasteiger partial charge >= 0.3 is 0 Å². The molecule has 0 aliphatic carbocycles. The van der Waals surface area contributed by atoms with Crippen molar-refractivity contribution < 1.29 is 23.1 Å². The number of halogens is 2. The molecule has 7 heteroatoms. The van der Waals surface area contributed by atoms with E-state index in [1.165, 1.54) is 7.11 Å². The van der Waals surface area contributed by atoms with Gasteiger partial charge in [0.1, 0.15) is 23.1 Å². The lowest BCUT2D eigenvalue weighted by atomic mass is 10.0. The summed E-state index contributed by atoms with van der Waals surface area (Å²) in [5.41, 5.74) is 2.60. The highest BCUT2D eigenvalue weighted by atomic mass is 19.1. The fourth-order valence-corrected chi connectivity index (χ4v) is 3.82. The number of imide groups is 1. The summed E-state index contributed by atoms with van der Waals surface area (Å²) in [7, 11) is 1.45. The maximum atomic E-state index is 14.5. The standard InChI is InChI=1S/C25H20F2N2O3/c1-14-10-15(2)12-17(11-14)28-23-22(18-6-4-5-7-21(18)32-3)24(30)29(25(23)31)20-9-8-16(26)13-19(20)27/h4-13,28H,1-3H3. The van der Waals surface area contributed by atoms with Gasteiger partial charge in [-0.2, -0.15) is 0 Å². The van der Waals surface area contributed by atoms with E-state index in [-0.39, 0.29) is 17.0 Å². The van der Waals surface area contributed by atoms with E-state index in [0.717, 1.165) is 23.3 Å². The van der Waals surface area contributed by atoms with Crippen molar-refractivity contribution in [2.75, 3.05) is 17.3 Å². The molecule has 1 N–H and O–H groups in total. The lowest BCUT2D eigenvalue weighted by Crippen LogP contribution is -2.33. The Morgan fingerprint density at radius 1 is 0.875 bits per heavy atom. The van der Waals surface area contributed by atoms with E-state index in [2.05, 4.69) is 5.32 Å². The molecule has 0 spiro atoms. The van der Waals surface area contributed by atoms with Crippen LogP contribution in [0.3, 0.4) is 0 Å². The average molecular weight is 434 g/mol. The molecular weight excluding hydrogens is 414 g/mol. The SMILES string of the molecule is COc1ccccc1C1=C(Nc2cc(C)cc(C)c2)C(=O)N(c2ccc(F)cc2F)C1=O. The van der Waals surface area contributed by atoms with Crippen molar-refractivity contribution in [3.8, 4) is 5.75 Å². The summed E-state index contributed by atoms with van der Waals surface area (Å²) in [4.78, 5) is 27.6. The smallest absolute Gasteiger partial charge is 0.282 e. The molecule has 3 aromatic rings. The first kappa shape index (κ1) is 21.2. The molecule has 0 atom stereocenters. The van der Waals surface area contributed by atoms with Crippen LogP contribution in [-0.4, -0.2) is 18.9 Å². The predicted molar refractivity (Wildman–Crippen MR) is 118 cm³/mol. The first-order chi connectivity index (χ1) is 15.3. The van der Waals surface area contributed by atoms with E-state index in [1.807, 2.05) is 32.0 Å². The topological polar surface area (TPSA) is 58.6 Å². The van der Waals surface area contributed by atoms with E-state index in [0.29, 0.717) is 28.0 Å². The molecule has 1 heterocycles. The average Bonchev–Trinajstić information content (AvgIpc) is 2.97. The minimum atomic E-state index is -1.02. The maximum Gasteiger partial charge on any atom is 0.282 e. The predicted octanol–water partition coefficient (Wildman–Crippen LogP) is 4.99. The third kappa shape index (κ3) is 3.73. The Balaban J connectivity index is 1.89. The molecule has 0 saturated carbocycles. The highest BCUT2D eigenvalue weighted by molar-refractivity contribution is 6.46. The van der Waals surface area contributed by atoms with Gasteiger partial charge in [0.2, 0.25) is 0 Å². The molecule has 0 radical (unpaired) electrons. The van der Waals surface area contributed by atoms with Crippen molar-refractivity contribution >= 4 is 28.8 Å². The molecular formula is C25H20F2N2O3. The number of para-hydroxylation sites is 1. The number of ether oxygens (including phenoxy) is 1. The number of nitrogens with zero attached hydrogens (tertiary/aromatic N) is 1. The molecule has 4 rings (SSSR count). The first-order valence-corrected chi connectivity index (χ1v) is 9.87. The molecule has 1 aliphatic heterocycles. The van der Waals surface area contributed by atoms with Crippen molar-refractivity contribution in [2.45, 2.75) is 13.8 Å². The summed E-state index contributed by atoms with van der Waals surface area (Å²) >= 11 is 0. The number of anilines is 2. The number of methoxy groups -OCH3 is 1. The molecule has 0 aromatic heterocycles. The largest absolute Gasteiger partial charge is 0.496 e. The summed E-state index contributed by atoms with van der Waals surface area (Å²) in [6.07, 6.45) is 0. The van der Waals surface area contributed by atoms with Crippen molar-refractivity contribution in [2.24, 2.45) is 0 Å². The second kappa shape index (κ2) is 8.26. The molecule has 162 valence electrons. The van der Waals surface area contributed by atoms with Gasteiger partial charge in [-0.3, -0.25) is 9.59 Å². The van der Waals surface area contributed by atoms with Crippen LogP contribution >= 0.6 is 0 Å². The summed E-state index contributed by atoms with van der Waals surface area (Å²) in [5.74, 6) is -2.93. The minimum absolute atomic E-state index is 0.0202. The third-order valence-corrected chi connectivity index (χ3v) is 5.10. The Hall–Kier alpha value is -4.00. The number of hydrogen-bond donors (Lipinski definition) is 1. The van der Waals surface area contributed by atoms with Gasteiger partial charge in [-0.15, -0.1) is 0 Å². The van der Waals surface area contributed by atoms with Crippen molar-refractivity contribution in [1.82, 2.24) is 0 Å². The third-order valence-electron chi connectivity index (χ3n) is 5.10. The van der Waals surface area contributed by atoms with Crippen LogP contribution in [0.15, 0.2) is 66.4 Å². The Labute approximate surface area is 183 Å². The van der Waals surface area contributed by atoms with Crippen molar-refractivity contribution in [1.29, 1.82) is 0 Å². The van der Waals surface area contributed by atoms with Crippen LogP contribution in [0.4, 0.5) is 20.2 Å². The Bertz CT molecular complexity index is 1260. The second-order valence-electron chi connectivity index (χ2n) is 7.49. The van der Waals surface area contributed by atoms with Gasteiger partial charge in [-0.25, -0.2) is 13.7 Å². The fraction of sp³-hybridized carbons (Fsp3) is 0.120. The van der Waals surface area contributed by atoms with Crippen LogP contribution in [0.2, 0.25) is 0 Å². The molecule has 3 aromatic carbocycles. The normalized spacial score (nSPS) is 13.7. The summed E-state index contributed by atoms with van der Waals surface area (Å²) in [6.45, 7) is 3.82. The number of hydrogen-bond acceptors (Lipinski definition) is 4. The van der Waals surface area contributed by atoms with Gasteiger partial charge in [0.05, 0.1) is 18.4 Å². The monoisotopic (exact) mass is 434 g/mol. The highest BCUT2D eigenvalue weighted by Gasteiger charge is 2.42. The molecule has 0 bridgehead atoms. The number of benzene rings is 3. The minimum Gasteiger partial charge on any atom is -0.496 e. The van der Waals surface area contributed by atoms with E-state index < -0.39 is 23.4 Å². The molecule has 2 amide bonds. The van der Waals surface area contributed by atoms with Gasteiger partial charge < -0.3 is 10.1 Å². The number of amides is 2.